The minimum Gasteiger partial charge on any atom is -0.133 e. The molecule has 0 aliphatic heterocycles. The Morgan fingerprint density at radius 1 is 0.667 bits per heavy atom. The molecule has 0 saturated carbocycles. The van der Waals surface area contributed by atoms with Crippen molar-refractivity contribution in [3.8, 4) is 22.3 Å². The van der Waals surface area contributed by atoms with Crippen molar-refractivity contribution in [2.45, 2.75) is 13.1 Å². The highest BCUT2D eigenvalue weighted by atomic mass is 31.0. The van der Waals surface area contributed by atoms with E-state index in [0.717, 1.165) is 6.16 Å². The SMILES string of the molecule is Cc1ccc(-c2cccc(-c3ccc(CP)cc3)c2)cc1. The molecule has 104 valence electrons. The van der Waals surface area contributed by atoms with Crippen LogP contribution in [0.25, 0.3) is 22.3 Å². The van der Waals surface area contributed by atoms with Crippen LogP contribution >= 0.6 is 9.24 Å². The summed E-state index contributed by atoms with van der Waals surface area (Å²) in [5, 5.41) is 0. The van der Waals surface area contributed by atoms with Gasteiger partial charge in [0.15, 0.2) is 0 Å². The molecular formula is C20H19P. The van der Waals surface area contributed by atoms with Crippen LogP contribution in [-0.2, 0) is 6.16 Å². The normalized spacial score (nSPS) is 10.6. The van der Waals surface area contributed by atoms with Crippen molar-refractivity contribution < 1.29 is 0 Å². The average molecular weight is 290 g/mol. The Morgan fingerprint density at radius 2 is 1.19 bits per heavy atom. The van der Waals surface area contributed by atoms with E-state index in [1.165, 1.54) is 33.4 Å². The Labute approximate surface area is 129 Å². The van der Waals surface area contributed by atoms with Crippen molar-refractivity contribution in [3.05, 3.63) is 83.9 Å². The largest absolute Gasteiger partial charge is 0.133 e. The van der Waals surface area contributed by atoms with Crippen molar-refractivity contribution in [2.24, 2.45) is 0 Å². The summed E-state index contributed by atoms with van der Waals surface area (Å²) in [6, 6.07) is 26.2. The molecule has 3 aromatic carbocycles. The second-order valence-corrected chi connectivity index (χ2v) is 5.76. The van der Waals surface area contributed by atoms with E-state index >= 15 is 0 Å². The topological polar surface area (TPSA) is 0 Å². The van der Waals surface area contributed by atoms with Crippen LogP contribution in [0, 0.1) is 6.92 Å². The van der Waals surface area contributed by atoms with E-state index in [1.54, 1.807) is 0 Å². The van der Waals surface area contributed by atoms with Crippen molar-refractivity contribution in [1.82, 2.24) is 0 Å². The first-order chi connectivity index (χ1) is 10.3. The molecule has 1 atom stereocenters. The number of aryl methyl sites for hydroxylation is 1. The molecule has 0 N–H and O–H groups in total. The van der Waals surface area contributed by atoms with Gasteiger partial charge in [-0.05, 0) is 47.0 Å². The molecule has 0 fully saturated rings. The lowest BCUT2D eigenvalue weighted by Gasteiger charge is -2.07. The first-order valence-electron chi connectivity index (χ1n) is 7.23. The minimum absolute atomic E-state index is 1.00. The maximum Gasteiger partial charge on any atom is -0.0128 e. The summed E-state index contributed by atoms with van der Waals surface area (Å²) in [5.74, 6) is 0. The molecule has 0 amide bonds. The Morgan fingerprint density at radius 3 is 1.71 bits per heavy atom. The zero-order valence-corrected chi connectivity index (χ0v) is 13.4. The van der Waals surface area contributed by atoms with Crippen molar-refractivity contribution in [2.75, 3.05) is 0 Å². The van der Waals surface area contributed by atoms with Gasteiger partial charge in [-0.25, -0.2) is 0 Å². The lowest BCUT2D eigenvalue weighted by atomic mass is 9.98. The molecule has 0 spiro atoms. The van der Waals surface area contributed by atoms with Crippen LogP contribution in [0.5, 0.6) is 0 Å². The molecule has 0 aromatic heterocycles. The monoisotopic (exact) mass is 290 g/mol. The van der Waals surface area contributed by atoms with Crippen molar-refractivity contribution >= 4 is 9.24 Å². The molecule has 0 saturated heterocycles. The Hall–Kier alpha value is -1.91. The standard InChI is InChI=1S/C20H19P/c1-15-5-9-17(10-6-15)19-3-2-4-20(13-19)18-11-7-16(14-21)8-12-18/h2-13H,14,21H2,1H3. The molecule has 0 aliphatic carbocycles. The molecule has 0 bridgehead atoms. The summed E-state index contributed by atoms with van der Waals surface area (Å²) < 4.78 is 0. The molecule has 21 heavy (non-hydrogen) atoms. The van der Waals surface area contributed by atoms with Crippen LogP contribution in [-0.4, -0.2) is 0 Å². The van der Waals surface area contributed by atoms with Gasteiger partial charge in [-0.3, -0.25) is 0 Å². The van der Waals surface area contributed by atoms with Crippen LogP contribution < -0.4 is 0 Å². The van der Waals surface area contributed by atoms with Gasteiger partial charge >= 0.3 is 0 Å². The van der Waals surface area contributed by atoms with Crippen molar-refractivity contribution in [1.29, 1.82) is 0 Å². The summed E-state index contributed by atoms with van der Waals surface area (Å²) in [5.41, 5.74) is 7.71. The van der Waals surface area contributed by atoms with Gasteiger partial charge in [0.1, 0.15) is 0 Å². The van der Waals surface area contributed by atoms with Crippen LogP contribution in [0.1, 0.15) is 11.1 Å². The predicted octanol–water partition coefficient (Wildman–Crippen LogP) is 5.70. The Kier molecular flexibility index (Phi) is 4.18. The summed E-state index contributed by atoms with van der Waals surface area (Å²) in [6.45, 7) is 2.12. The van der Waals surface area contributed by atoms with E-state index in [9.17, 15) is 0 Å². The van der Waals surface area contributed by atoms with Gasteiger partial charge < -0.3 is 0 Å². The highest BCUT2D eigenvalue weighted by molar-refractivity contribution is 7.15. The van der Waals surface area contributed by atoms with Gasteiger partial charge in [0.25, 0.3) is 0 Å². The zero-order chi connectivity index (χ0) is 14.7. The molecular weight excluding hydrogens is 271 g/mol. The molecule has 0 nitrogen and oxygen atoms in total. The smallest absolute Gasteiger partial charge is 0.0128 e. The molecule has 3 rings (SSSR count). The first-order valence-corrected chi connectivity index (χ1v) is 8.04. The van der Waals surface area contributed by atoms with Crippen LogP contribution in [0.2, 0.25) is 0 Å². The first kappa shape index (κ1) is 14.0. The van der Waals surface area contributed by atoms with E-state index < -0.39 is 0 Å². The van der Waals surface area contributed by atoms with Gasteiger partial charge in [-0.15, -0.1) is 9.24 Å². The van der Waals surface area contributed by atoms with Gasteiger partial charge in [-0.1, -0.05) is 72.3 Å². The molecule has 1 unspecified atom stereocenters. The van der Waals surface area contributed by atoms with Gasteiger partial charge in [0.2, 0.25) is 0 Å². The molecule has 0 heterocycles. The van der Waals surface area contributed by atoms with Crippen molar-refractivity contribution in [3.63, 3.8) is 0 Å². The Bertz CT molecular complexity index is 725. The van der Waals surface area contributed by atoms with E-state index in [2.05, 4.69) is 89.0 Å². The number of hydrogen-bond donors (Lipinski definition) is 0. The highest BCUT2D eigenvalue weighted by Gasteiger charge is 2.02. The fourth-order valence-corrected chi connectivity index (χ4v) is 2.73. The minimum atomic E-state index is 1.00. The van der Waals surface area contributed by atoms with Gasteiger partial charge in [-0.2, -0.15) is 0 Å². The third-order valence-corrected chi connectivity index (χ3v) is 4.24. The zero-order valence-electron chi connectivity index (χ0n) is 12.2. The number of benzene rings is 3. The third kappa shape index (κ3) is 3.23. The van der Waals surface area contributed by atoms with E-state index in [-0.39, 0.29) is 0 Å². The molecule has 3 aromatic rings. The van der Waals surface area contributed by atoms with E-state index in [0.29, 0.717) is 0 Å². The second-order valence-electron chi connectivity index (χ2n) is 5.35. The predicted molar refractivity (Wildman–Crippen MR) is 95.5 cm³/mol. The third-order valence-electron chi connectivity index (χ3n) is 3.77. The maximum absolute atomic E-state index is 2.76. The lowest BCUT2D eigenvalue weighted by molar-refractivity contribution is 1.42. The number of hydrogen-bond acceptors (Lipinski definition) is 0. The fraction of sp³-hybridized carbons (Fsp3) is 0.100. The molecule has 0 aliphatic rings. The van der Waals surface area contributed by atoms with Crippen LogP contribution in [0.15, 0.2) is 72.8 Å². The van der Waals surface area contributed by atoms with E-state index in [4.69, 9.17) is 0 Å². The lowest BCUT2D eigenvalue weighted by Crippen LogP contribution is -1.83. The summed E-state index contributed by atoms with van der Waals surface area (Å²) in [4.78, 5) is 0. The maximum atomic E-state index is 2.76. The highest BCUT2D eigenvalue weighted by Crippen LogP contribution is 2.27. The fourth-order valence-electron chi connectivity index (χ4n) is 2.46. The van der Waals surface area contributed by atoms with Crippen LogP contribution in [0.3, 0.4) is 0 Å². The summed E-state index contributed by atoms with van der Waals surface area (Å²) in [6.07, 6.45) is 1.00. The second kappa shape index (κ2) is 6.24. The van der Waals surface area contributed by atoms with Gasteiger partial charge in [0, 0.05) is 0 Å². The summed E-state index contributed by atoms with van der Waals surface area (Å²) in [7, 11) is 2.76. The summed E-state index contributed by atoms with van der Waals surface area (Å²) >= 11 is 0. The average Bonchev–Trinajstić information content (AvgIpc) is 2.56. The molecule has 1 heteroatoms. The molecule has 0 radical (unpaired) electrons. The Balaban J connectivity index is 1.97. The van der Waals surface area contributed by atoms with E-state index in [1.807, 2.05) is 0 Å². The number of rotatable bonds is 3. The van der Waals surface area contributed by atoms with Crippen LogP contribution in [0.4, 0.5) is 0 Å². The van der Waals surface area contributed by atoms with Gasteiger partial charge in [0.05, 0.1) is 0 Å². The quantitative estimate of drug-likeness (QED) is 0.542.